The van der Waals surface area contributed by atoms with Gasteiger partial charge in [-0.25, -0.2) is 14.4 Å². The van der Waals surface area contributed by atoms with Crippen LogP contribution in [0.25, 0.3) is 22.2 Å². The summed E-state index contributed by atoms with van der Waals surface area (Å²) >= 11 is 6.00. The molecule has 182 valence electrons. The number of hydrogen-bond acceptors (Lipinski definition) is 6. The Balaban J connectivity index is 1.71. The molecule has 0 spiro atoms. The number of anilines is 1. The first-order valence-electron chi connectivity index (χ1n) is 11.3. The lowest BCUT2D eigenvalue weighted by Gasteiger charge is -2.43. The summed E-state index contributed by atoms with van der Waals surface area (Å²) in [5, 5.41) is 4.57. The molecular formula is C25H26ClFN6O2. The monoisotopic (exact) mass is 496 g/mol. The Hall–Kier alpha value is -3.30. The first kappa shape index (κ1) is 23.4. The molecule has 10 heteroatoms. The van der Waals surface area contributed by atoms with E-state index in [1.807, 2.05) is 27.1 Å². The SMILES string of the molecule is Cc1nc2c(-c3ccc(Cl)cc3F)cc(N3CC(c4cnn(C)c4)OC(C)(C)C3)nc2c(=O)n1C. The first-order chi connectivity index (χ1) is 16.5. The van der Waals surface area contributed by atoms with Crippen LogP contribution in [0.15, 0.2) is 41.5 Å². The summed E-state index contributed by atoms with van der Waals surface area (Å²) in [6.07, 6.45) is 3.46. The topological polar surface area (TPSA) is 78.1 Å². The van der Waals surface area contributed by atoms with Crippen molar-refractivity contribution < 1.29 is 9.13 Å². The van der Waals surface area contributed by atoms with Gasteiger partial charge in [-0.05, 0) is 45.0 Å². The number of pyridine rings is 1. The Labute approximate surface area is 206 Å². The summed E-state index contributed by atoms with van der Waals surface area (Å²) in [6.45, 7) is 6.78. The molecule has 1 aliphatic rings. The van der Waals surface area contributed by atoms with Gasteiger partial charge in [0.15, 0.2) is 5.52 Å². The first-order valence-corrected chi connectivity index (χ1v) is 11.7. The predicted octanol–water partition coefficient (Wildman–Crippen LogP) is 4.19. The molecule has 0 radical (unpaired) electrons. The lowest BCUT2D eigenvalue weighted by atomic mass is 10.0. The summed E-state index contributed by atoms with van der Waals surface area (Å²) in [6, 6.07) is 6.28. The summed E-state index contributed by atoms with van der Waals surface area (Å²) in [5.74, 6) is 0.568. The van der Waals surface area contributed by atoms with E-state index in [0.717, 1.165) is 5.56 Å². The van der Waals surface area contributed by atoms with E-state index in [-0.39, 0.29) is 17.2 Å². The smallest absolute Gasteiger partial charge is 0.279 e. The van der Waals surface area contributed by atoms with Gasteiger partial charge in [0.05, 0.1) is 18.3 Å². The maximum atomic E-state index is 15.1. The fraction of sp³-hybridized carbons (Fsp3) is 0.360. The van der Waals surface area contributed by atoms with E-state index >= 15 is 4.39 Å². The molecule has 4 aromatic rings. The highest BCUT2D eigenvalue weighted by Gasteiger charge is 2.36. The van der Waals surface area contributed by atoms with Crippen LogP contribution in [0.4, 0.5) is 10.2 Å². The molecule has 35 heavy (non-hydrogen) atoms. The molecule has 4 heterocycles. The third kappa shape index (κ3) is 4.30. The minimum atomic E-state index is -0.502. The molecule has 1 aliphatic heterocycles. The van der Waals surface area contributed by atoms with Gasteiger partial charge < -0.3 is 9.64 Å². The number of halogens is 2. The van der Waals surface area contributed by atoms with Gasteiger partial charge in [0, 0.05) is 48.5 Å². The van der Waals surface area contributed by atoms with Crippen molar-refractivity contribution in [2.75, 3.05) is 18.0 Å². The molecule has 0 amide bonds. The molecule has 0 aliphatic carbocycles. The standard InChI is InChI=1S/C25H26ClFN6O2/c1-14-29-22-18(17-7-6-16(26)8-19(17)27)9-21(30-23(22)24(34)32(14)5)33-12-20(35-25(2,3)13-33)15-10-28-31(4)11-15/h6-11,20H,12-13H2,1-5H3. The summed E-state index contributed by atoms with van der Waals surface area (Å²) in [7, 11) is 3.51. The zero-order valence-electron chi connectivity index (χ0n) is 20.2. The fourth-order valence-electron chi connectivity index (χ4n) is 4.54. The van der Waals surface area contributed by atoms with E-state index in [4.69, 9.17) is 21.3 Å². The summed E-state index contributed by atoms with van der Waals surface area (Å²) in [4.78, 5) is 24.6. The zero-order valence-corrected chi connectivity index (χ0v) is 21.0. The number of nitrogens with zero attached hydrogens (tertiary/aromatic N) is 6. The molecule has 0 bridgehead atoms. The van der Waals surface area contributed by atoms with Crippen LogP contribution in [-0.4, -0.2) is 43.0 Å². The second kappa shape index (κ2) is 8.42. The molecule has 1 fully saturated rings. The van der Waals surface area contributed by atoms with Gasteiger partial charge in [-0.1, -0.05) is 11.6 Å². The quantitative estimate of drug-likeness (QED) is 0.423. The molecule has 5 rings (SSSR count). The van der Waals surface area contributed by atoms with Crippen LogP contribution in [0.2, 0.25) is 5.02 Å². The van der Waals surface area contributed by atoms with Crippen molar-refractivity contribution in [1.29, 1.82) is 0 Å². The lowest BCUT2D eigenvalue weighted by Crippen LogP contribution is -2.50. The number of hydrogen-bond donors (Lipinski definition) is 0. The highest BCUT2D eigenvalue weighted by atomic mass is 35.5. The van der Waals surface area contributed by atoms with Crippen LogP contribution < -0.4 is 10.5 Å². The maximum Gasteiger partial charge on any atom is 0.279 e. The Morgan fingerprint density at radius 2 is 1.91 bits per heavy atom. The van der Waals surface area contributed by atoms with Gasteiger partial charge >= 0.3 is 0 Å². The van der Waals surface area contributed by atoms with Gasteiger partial charge in [0.2, 0.25) is 0 Å². The molecule has 3 aromatic heterocycles. The Bertz CT molecular complexity index is 1510. The summed E-state index contributed by atoms with van der Waals surface area (Å²) in [5.41, 5.74) is 1.48. The highest BCUT2D eigenvalue weighted by Crippen LogP contribution is 2.36. The van der Waals surface area contributed by atoms with E-state index in [1.165, 1.54) is 10.6 Å². The van der Waals surface area contributed by atoms with E-state index in [2.05, 4.69) is 15.0 Å². The number of aromatic nitrogens is 5. The number of aryl methyl sites for hydroxylation is 2. The highest BCUT2D eigenvalue weighted by molar-refractivity contribution is 6.30. The van der Waals surface area contributed by atoms with Crippen LogP contribution >= 0.6 is 11.6 Å². The molecule has 1 atom stereocenters. The number of rotatable bonds is 3. The van der Waals surface area contributed by atoms with Crippen molar-refractivity contribution in [2.45, 2.75) is 32.5 Å². The van der Waals surface area contributed by atoms with Crippen LogP contribution in [0.5, 0.6) is 0 Å². The molecule has 0 saturated carbocycles. The zero-order chi connectivity index (χ0) is 25.1. The maximum absolute atomic E-state index is 15.1. The van der Waals surface area contributed by atoms with E-state index in [9.17, 15) is 4.79 Å². The molecule has 0 N–H and O–H groups in total. The van der Waals surface area contributed by atoms with Gasteiger partial charge in [0.25, 0.3) is 5.56 Å². The summed E-state index contributed by atoms with van der Waals surface area (Å²) < 4.78 is 24.6. The minimum absolute atomic E-state index is 0.183. The normalized spacial score (nSPS) is 17.8. The van der Waals surface area contributed by atoms with E-state index < -0.39 is 11.4 Å². The van der Waals surface area contributed by atoms with E-state index in [1.54, 1.807) is 43.0 Å². The van der Waals surface area contributed by atoms with Crippen LogP contribution in [-0.2, 0) is 18.8 Å². The van der Waals surface area contributed by atoms with Crippen molar-refractivity contribution >= 4 is 28.5 Å². The van der Waals surface area contributed by atoms with Crippen LogP contribution in [0.1, 0.15) is 31.3 Å². The minimum Gasteiger partial charge on any atom is -0.364 e. The lowest BCUT2D eigenvalue weighted by molar-refractivity contribution is -0.0857. The Morgan fingerprint density at radius 3 is 2.60 bits per heavy atom. The van der Waals surface area contributed by atoms with Gasteiger partial charge in [-0.2, -0.15) is 5.10 Å². The number of morpholine rings is 1. The number of fused-ring (bicyclic) bond motifs is 1. The van der Waals surface area contributed by atoms with Gasteiger partial charge in [0.1, 0.15) is 29.1 Å². The van der Waals surface area contributed by atoms with Crippen LogP contribution in [0.3, 0.4) is 0 Å². The van der Waals surface area contributed by atoms with E-state index in [0.29, 0.717) is 46.4 Å². The fourth-order valence-corrected chi connectivity index (χ4v) is 4.70. The molecule has 8 nitrogen and oxygen atoms in total. The average Bonchev–Trinajstić information content (AvgIpc) is 3.23. The average molecular weight is 497 g/mol. The van der Waals surface area contributed by atoms with Crippen LogP contribution in [0, 0.1) is 12.7 Å². The third-order valence-corrected chi connectivity index (χ3v) is 6.54. The second-order valence-corrected chi connectivity index (χ2v) is 10.0. The Morgan fingerprint density at radius 1 is 1.14 bits per heavy atom. The molecule has 1 aromatic carbocycles. The largest absolute Gasteiger partial charge is 0.364 e. The van der Waals surface area contributed by atoms with Crippen molar-refractivity contribution in [3.8, 4) is 11.1 Å². The van der Waals surface area contributed by atoms with Crippen molar-refractivity contribution in [2.24, 2.45) is 14.1 Å². The number of benzene rings is 1. The number of ether oxygens (including phenoxy) is 1. The molecule has 1 unspecified atom stereocenters. The van der Waals surface area contributed by atoms with Crippen molar-refractivity contribution in [3.05, 3.63) is 69.2 Å². The van der Waals surface area contributed by atoms with Gasteiger partial charge in [-0.15, -0.1) is 0 Å². The molecule has 1 saturated heterocycles. The van der Waals surface area contributed by atoms with Crippen molar-refractivity contribution in [1.82, 2.24) is 24.3 Å². The molecular weight excluding hydrogens is 471 g/mol. The third-order valence-electron chi connectivity index (χ3n) is 6.31. The Kier molecular flexibility index (Phi) is 5.64. The predicted molar refractivity (Wildman–Crippen MR) is 133 cm³/mol. The van der Waals surface area contributed by atoms with Crippen molar-refractivity contribution in [3.63, 3.8) is 0 Å². The van der Waals surface area contributed by atoms with Gasteiger partial charge in [-0.3, -0.25) is 14.0 Å². The second-order valence-electron chi connectivity index (χ2n) is 9.57.